The van der Waals surface area contributed by atoms with Gasteiger partial charge >= 0.3 is 6.18 Å². The molecule has 20 heavy (non-hydrogen) atoms. The van der Waals surface area contributed by atoms with Gasteiger partial charge in [-0.2, -0.15) is 13.2 Å². The maximum Gasteiger partial charge on any atom is 0.391 e. The predicted molar refractivity (Wildman–Crippen MR) is 70.4 cm³/mol. The Morgan fingerprint density at radius 1 is 1.30 bits per heavy atom. The number of aryl methyl sites for hydroxylation is 1. The second-order valence-electron chi connectivity index (χ2n) is 5.15. The van der Waals surface area contributed by atoms with E-state index < -0.39 is 12.1 Å². The molecule has 1 aromatic rings. The number of aromatic nitrogens is 2. The first kappa shape index (κ1) is 15.0. The third kappa shape index (κ3) is 3.82. The molecule has 0 unspecified atom stereocenters. The summed E-state index contributed by atoms with van der Waals surface area (Å²) in [6.45, 7) is 3.26. The highest BCUT2D eigenvalue weighted by Gasteiger charge is 2.41. The summed E-state index contributed by atoms with van der Waals surface area (Å²) >= 11 is 0. The van der Waals surface area contributed by atoms with Crippen molar-refractivity contribution in [3.63, 3.8) is 0 Å². The molecule has 1 saturated heterocycles. The summed E-state index contributed by atoms with van der Waals surface area (Å²) in [5, 5.41) is 2.95. The summed E-state index contributed by atoms with van der Waals surface area (Å²) in [5.41, 5.74) is 0.851. The van der Waals surface area contributed by atoms with Crippen molar-refractivity contribution in [2.45, 2.75) is 32.5 Å². The fourth-order valence-corrected chi connectivity index (χ4v) is 2.45. The first-order valence-electron chi connectivity index (χ1n) is 6.70. The molecule has 112 valence electrons. The summed E-state index contributed by atoms with van der Waals surface area (Å²) in [4.78, 5) is 10.6. The lowest BCUT2D eigenvalue weighted by Crippen LogP contribution is -2.38. The van der Waals surface area contributed by atoms with Gasteiger partial charge in [-0.25, -0.2) is 9.97 Å². The van der Waals surface area contributed by atoms with Crippen LogP contribution in [-0.4, -0.2) is 41.2 Å². The fraction of sp³-hybridized carbons (Fsp3) is 0.692. The Bertz CT molecular complexity index is 453. The van der Waals surface area contributed by atoms with Gasteiger partial charge in [0.1, 0.15) is 11.6 Å². The number of halogens is 3. The second-order valence-corrected chi connectivity index (χ2v) is 5.15. The molecule has 0 spiro atoms. The third-order valence-electron chi connectivity index (χ3n) is 3.57. The first-order valence-corrected chi connectivity index (χ1v) is 6.70. The number of alkyl halides is 3. The zero-order valence-corrected chi connectivity index (χ0v) is 11.7. The molecule has 0 atom stereocenters. The highest BCUT2D eigenvalue weighted by Crippen LogP contribution is 2.34. The minimum Gasteiger partial charge on any atom is -0.373 e. The van der Waals surface area contributed by atoms with Crippen LogP contribution in [0.5, 0.6) is 0 Å². The van der Waals surface area contributed by atoms with Crippen molar-refractivity contribution < 1.29 is 13.2 Å². The van der Waals surface area contributed by atoms with Gasteiger partial charge in [-0.15, -0.1) is 0 Å². The summed E-state index contributed by atoms with van der Waals surface area (Å²) in [6.07, 6.45) is -3.74. The van der Waals surface area contributed by atoms with E-state index in [1.165, 1.54) is 0 Å². The molecule has 1 aliphatic rings. The molecule has 0 saturated carbocycles. The minimum atomic E-state index is -4.06. The van der Waals surface area contributed by atoms with Crippen LogP contribution in [0.4, 0.5) is 19.0 Å². The lowest BCUT2D eigenvalue weighted by Gasteiger charge is -2.32. The second kappa shape index (κ2) is 5.95. The van der Waals surface area contributed by atoms with Crippen molar-refractivity contribution in [2.24, 2.45) is 5.92 Å². The largest absolute Gasteiger partial charge is 0.391 e. The van der Waals surface area contributed by atoms with E-state index in [4.69, 9.17) is 0 Å². The Hall–Kier alpha value is -1.37. The molecule has 1 aromatic heterocycles. The molecule has 2 rings (SSSR count). The number of hydrogen-bond acceptors (Lipinski definition) is 4. The Labute approximate surface area is 116 Å². The number of nitrogens with zero attached hydrogens (tertiary/aromatic N) is 3. The molecule has 1 aliphatic heterocycles. The normalized spacial score (nSPS) is 18.2. The molecule has 0 amide bonds. The maximum atomic E-state index is 12.6. The number of anilines is 1. The molecule has 1 fully saturated rings. The topological polar surface area (TPSA) is 41.1 Å². The van der Waals surface area contributed by atoms with Gasteiger partial charge in [-0.1, -0.05) is 0 Å². The van der Waals surface area contributed by atoms with Gasteiger partial charge < -0.3 is 5.32 Å². The summed E-state index contributed by atoms with van der Waals surface area (Å²) in [6, 6.07) is 1.83. The zero-order chi connectivity index (χ0) is 14.8. The molecular weight excluding hydrogens is 269 g/mol. The van der Waals surface area contributed by atoms with Crippen LogP contribution in [-0.2, 0) is 6.54 Å². The standard InChI is InChI=1S/C13H19F3N4/c1-9-7-11(17-2)19-12(18-9)8-20-5-3-10(4-6-20)13(14,15)16/h7,10H,3-6,8H2,1-2H3,(H,17,18,19). The average Bonchev–Trinajstić information content (AvgIpc) is 2.37. The van der Waals surface area contributed by atoms with Crippen LogP contribution in [0.15, 0.2) is 6.07 Å². The van der Waals surface area contributed by atoms with Gasteiger partial charge in [0.15, 0.2) is 0 Å². The van der Waals surface area contributed by atoms with Gasteiger partial charge in [0, 0.05) is 18.8 Å². The summed E-state index contributed by atoms with van der Waals surface area (Å²) < 4.78 is 37.8. The van der Waals surface area contributed by atoms with Gasteiger partial charge in [0.05, 0.1) is 12.5 Å². The maximum absolute atomic E-state index is 12.6. The van der Waals surface area contributed by atoms with Crippen molar-refractivity contribution in [3.8, 4) is 0 Å². The first-order chi connectivity index (χ1) is 9.38. The summed E-state index contributed by atoms with van der Waals surface area (Å²) in [7, 11) is 1.78. The summed E-state index contributed by atoms with van der Waals surface area (Å²) in [5.74, 6) is 0.225. The van der Waals surface area contributed by atoms with E-state index in [1.54, 1.807) is 7.05 Å². The van der Waals surface area contributed by atoms with E-state index in [-0.39, 0.29) is 12.8 Å². The Kier molecular flexibility index (Phi) is 4.47. The van der Waals surface area contributed by atoms with Crippen LogP contribution in [0.3, 0.4) is 0 Å². The molecular formula is C13H19F3N4. The van der Waals surface area contributed by atoms with Crippen molar-refractivity contribution >= 4 is 5.82 Å². The molecule has 7 heteroatoms. The van der Waals surface area contributed by atoms with Gasteiger partial charge in [0.25, 0.3) is 0 Å². The predicted octanol–water partition coefficient (Wildman–Crippen LogP) is 2.60. The van der Waals surface area contributed by atoms with Crippen molar-refractivity contribution in [1.82, 2.24) is 14.9 Å². The van der Waals surface area contributed by atoms with Gasteiger partial charge in [-0.05, 0) is 32.9 Å². The van der Waals surface area contributed by atoms with Crippen molar-refractivity contribution in [1.29, 1.82) is 0 Å². The SMILES string of the molecule is CNc1cc(C)nc(CN2CCC(C(F)(F)F)CC2)n1. The average molecular weight is 288 g/mol. The highest BCUT2D eigenvalue weighted by atomic mass is 19.4. The fourth-order valence-electron chi connectivity index (χ4n) is 2.45. The van der Waals surface area contributed by atoms with E-state index in [0.29, 0.717) is 25.5 Å². The van der Waals surface area contributed by atoms with Gasteiger partial charge in [0.2, 0.25) is 0 Å². The van der Waals surface area contributed by atoms with E-state index >= 15 is 0 Å². The van der Waals surface area contributed by atoms with Crippen LogP contribution in [0.1, 0.15) is 24.4 Å². The third-order valence-corrected chi connectivity index (χ3v) is 3.57. The number of likely N-dealkylation sites (tertiary alicyclic amines) is 1. The van der Waals surface area contributed by atoms with Crippen molar-refractivity contribution in [3.05, 3.63) is 17.6 Å². The monoisotopic (exact) mass is 288 g/mol. The number of nitrogens with one attached hydrogen (secondary N) is 1. The van der Waals surface area contributed by atoms with E-state index in [2.05, 4.69) is 15.3 Å². The molecule has 1 N–H and O–H groups in total. The smallest absolute Gasteiger partial charge is 0.373 e. The Morgan fingerprint density at radius 3 is 2.50 bits per heavy atom. The van der Waals surface area contributed by atoms with Crippen LogP contribution >= 0.6 is 0 Å². The molecule has 4 nitrogen and oxygen atoms in total. The number of rotatable bonds is 3. The van der Waals surface area contributed by atoms with Gasteiger partial charge in [-0.3, -0.25) is 4.90 Å². The highest BCUT2D eigenvalue weighted by molar-refractivity contribution is 5.34. The van der Waals surface area contributed by atoms with E-state index in [9.17, 15) is 13.2 Å². The Balaban J connectivity index is 1.94. The molecule has 0 bridgehead atoms. The van der Waals surface area contributed by atoms with E-state index in [1.807, 2.05) is 17.9 Å². The number of hydrogen-bond donors (Lipinski definition) is 1. The quantitative estimate of drug-likeness (QED) is 0.928. The van der Waals surface area contributed by atoms with Crippen LogP contribution in [0.2, 0.25) is 0 Å². The van der Waals surface area contributed by atoms with Crippen LogP contribution < -0.4 is 5.32 Å². The van der Waals surface area contributed by atoms with E-state index in [0.717, 1.165) is 11.5 Å². The minimum absolute atomic E-state index is 0.161. The Morgan fingerprint density at radius 2 is 1.95 bits per heavy atom. The number of piperidine rings is 1. The lowest BCUT2D eigenvalue weighted by molar-refractivity contribution is -0.185. The zero-order valence-electron chi connectivity index (χ0n) is 11.7. The molecule has 2 heterocycles. The lowest BCUT2D eigenvalue weighted by atomic mass is 9.96. The van der Waals surface area contributed by atoms with Crippen molar-refractivity contribution in [2.75, 3.05) is 25.5 Å². The van der Waals surface area contributed by atoms with Crippen LogP contribution in [0.25, 0.3) is 0 Å². The molecule has 0 radical (unpaired) electrons. The van der Waals surface area contributed by atoms with Crippen LogP contribution in [0, 0.1) is 12.8 Å². The molecule has 0 aromatic carbocycles. The molecule has 0 aliphatic carbocycles.